The van der Waals surface area contributed by atoms with Gasteiger partial charge in [0.2, 0.25) is 5.91 Å². The number of methoxy groups -OCH3 is 1. The van der Waals surface area contributed by atoms with Gasteiger partial charge in [-0.2, -0.15) is 0 Å². The molecule has 1 aliphatic carbocycles. The Morgan fingerprint density at radius 2 is 2.29 bits per heavy atom. The first kappa shape index (κ1) is 12.6. The topological polar surface area (TPSA) is 38.3 Å². The van der Waals surface area contributed by atoms with Crippen molar-refractivity contribution < 1.29 is 9.53 Å². The summed E-state index contributed by atoms with van der Waals surface area (Å²) in [4.78, 5) is 11.9. The van der Waals surface area contributed by atoms with Crippen LogP contribution >= 0.6 is 15.9 Å². The quantitative estimate of drug-likeness (QED) is 0.925. The Labute approximate surface area is 110 Å². The van der Waals surface area contributed by atoms with Crippen LogP contribution in [-0.4, -0.2) is 18.6 Å². The smallest absolute Gasteiger partial charge is 0.227 e. The molecule has 0 radical (unpaired) electrons. The molecule has 0 heterocycles. The molecule has 0 spiro atoms. The van der Waals surface area contributed by atoms with E-state index < -0.39 is 0 Å². The van der Waals surface area contributed by atoms with Crippen LogP contribution in [0.3, 0.4) is 0 Å². The Kier molecular flexibility index (Phi) is 3.84. The first-order chi connectivity index (χ1) is 8.13. The number of carbonyl (C=O) groups is 1. The summed E-state index contributed by atoms with van der Waals surface area (Å²) in [6, 6.07) is 7.59. The van der Waals surface area contributed by atoms with Gasteiger partial charge in [0.1, 0.15) is 0 Å². The molecule has 0 bridgehead atoms. The average Bonchev–Trinajstić information content (AvgIpc) is 2.23. The molecule has 1 saturated carbocycles. The first-order valence-corrected chi connectivity index (χ1v) is 6.53. The predicted octanol–water partition coefficient (Wildman–Crippen LogP) is 3.35. The minimum Gasteiger partial charge on any atom is -0.378 e. The number of hydrogen-bond acceptors (Lipinski definition) is 2. The predicted molar refractivity (Wildman–Crippen MR) is 71.0 cm³/mol. The van der Waals surface area contributed by atoms with Crippen molar-refractivity contribution in [3.05, 3.63) is 28.7 Å². The summed E-state index contributed by atoms with van der Waals surface area (Å²) in [5.41, 5.74) is 0.603. The number of amides is 1. The van der Waals surface area contributed by atoms with Gasteiger partial charge < -0.3 is 10.1 Å². The Balaban J connectivity index is 1.93. The molecule has 3 nitrogen and oxygen atoms in total. The summed E-state index contributed by atoms with van der Waals surface area (Å²) < 4.78 is 6.39. The zero-order valence-electron chi connectivity index (χ0n) is 9.83. The molecule has 0 aliphatic heterocycles. The van der Waals surface area contributed by atoms with E-state index >= 15 is 0 Å². The standard InChI is InChI=1S/C13H16BrNO2/c1-17-13(6-3-7-13)9-12(16)15-11-5-2-4-10(14)8-11/h2,4-5,8H,3,6-7,9H2,1H3,(H,15,16). The summed E-state index contributed by atoms with van der Waals surface area (Å²) >= 11 is 3.38. The highest BCUT2D eigenvalue weighted by Crippen LogP contribution is 2.38. The van der Waals surface area contributed by atoms with E-state index in [2.05, 4.69) is 21.2 Å². The molecule has 0 aromatic heterocycles. The van der Waals surface area contributed by atoms with E-state index in [0.29, 0.717) is 6.42 Å². The van der Waals surface area contributed by atoms with Gasteiger partial charge in [-0.15, -0.1) is 0 Å². The summed E-state index contributed by atoms with van der Waals surface area (Å²) in [6.45, 7) is 0. The Hall–Kier alpha value is -0.870. The molecule has 1 fully saturated rings. The summed E-state index contributed by atoms with van der Waals surface area (Å²) in [6.07, 6.45) is 3.55. The van der Waals surface area contributed by atoms with Gasteiger partial charge in [0, 0.05) is 17.3 Å². The fourth-order valence-corrected chi connectivity index (χ4v) is 2.49. The van der Waals surface area contributed by atoms with E-state index in [1.165, 1.54) is 0 Å². The van der Waals surface area contributed by atoms with Crippen LogP contribution in [0, 0.1) is 0 Å². The summed E-state index contributed by atoms with van der Waals surface area (Å²) in [5, 5.41) is 2.89. The number of carbonyl (C=O) groups excluding carboxylic acids is 1. The highest BCUT2D eigenvalue weighted by molar-refractivity contribution is 9.10. The summed E-state index contributed by atoms with van der Waals surface area (Å²) in [5.74, 6) is 0.0182. The van der Waals surface area contributed by atoms with Crippen LogP contribution in [0.1, 0.15) is 25.7 Å². The number of anilines is 1. The number of halogens is 1. The lowest BCUT2D eigenvalue weighted by Crippen LogP contribution is -2.42. The fraction of sp³-hybridized carbons (Fsp3) is 0.462. The first-order valence-electron chi connectivity index (χ1n) is 5.74. The minimum atomic E-state index is -0.212. The molecule has 0 saturated heterocycles. The molecule has 4 heteroatoms. The summed E-state index contributed by atoms with van der Waals surface area (Å²) in [7, 11) is 1.69. The molecule has 1 aromatic rings. The van der Waals surface area contributed by atoms with E-state index in [-0.39, 0.29) is 11.5 Å². The SMILES string of the molecule is COC1(CC(=O)Nc2cccc(Br)c2)CCC1. The van der Waals surface area contributed by atoms with Crippen molar-refractivity contribution in [3.8, 4) is 0 Å². The van der Waals surface area contributed by atoms with E-state index in [1.807, 2.05) is 24.3 Å². The van der Waals surface area contributed by atoms with Gasteiger partial charge in [-0.05, 0) is 37.5 Å². The van der Waals surface area contributed by atoms with Crippen molar-refractivity contribution in [1.82, 2.24) is 0 Å². The second-order valence-electron chi connectivity index (χ2n) is 4.48. The maximum atomic E-state index is 11.9. The zero-order chi connectivity index (χ0) is 12.3. The third kappa shape index (κ3) is 3.07. The number of benzene rings is 1. The van der Waals surface area contributed by atoms with Gasteiger partial charge in [0.25, 0.3) is 0 Å². The van der Waals surface area contributed by atoms with Gasteiger partial charge >= 0.3 is 0 Å². The Morgan fingerprint density at radius 3 is 2.82 bits per heavy atom. The monoisotopic (exact) mass is 297 g/mol. The van der Waals surface area contributed by atoms with Crippen molar-refractivity contribution in [1.29, 1.82) is 0 Å². The number of rotatable bonds is 4. The molecule has 0 atom stereocenters. The molecular formula is C13H16BrNO2. The van der Waals surface area contributed by atoms with Gasteiger partial charge in [0.15, 0.2) is 0 Å². The lowest BCUT2D eigenvalue weighted by atomic mass is 9.77. The van der Waals surface area contributed by atoms with Gasteiger partial charge in [-0.3, -0.25) is 4.79 Å². The van der Waals surface area contributed by atoms with Crippen molar-refractivity contribution in [2.45, 2.75) is 31.3 Å². The van der Waals surface area contributed by atoms with Crippen LogP contribution in [-0.2, 0) is 9.53 Å². The van der Waals surface area contributed by atoms with Crippen LogP contribution in [0.25, 0.3) is 0 Å². The van der Waals surface area contributed by atoms with Gasteiger partial charge in [-0.1, -0.05) is 22.0 Å². The van der Waals surface area contributed by atoms with Crippen molar-refractivity contribution >= 4 is 27.5 Å². The van der Waals surface area contributed by atoms with Gasteiger partial charge in [0.05, 0.1) is 12.0 Å². The second kappa shape index (κ2) is 5.19. The van der Waals surface area contributed by atoms with Crippen molar-refractivity contribution in [3.63, 3.8) is 0 Å². The molecule has 92 valence electrons. The number of nitrogens with one attached hydrogen (secondary N) is 1. The molecule has 1 aromatic carbocycles. The third-order valence-corrected chi connectivity index (χ3v) is 3.78. The lowest BCUT2D eigenvalue weighted by molar-refractivity contribution is -0.129. The number of ether oxygens (including phenoxy) is 1. The molecule has 17 heavy (non-hydrogen) atoms. The van der Waals surface area contributed by atoms with Crippen molar-refractivity contribution in [2.24, 2.45) is 0 Å². The van der Waals surface area contributed by atoms with Crippen LogP contribution in [0.5, 0.6) is 0 Å². The van der Waals surface area contributed by atoms with E-state index in [9.17, 15) is 4.79 Å². The molecule has 1 aliphatic rings. The highest BCUT2D eigenvalue weighted by Gasteiger charge is 2.38. The van der Waals surface area contributed by atoms with Crippen LogP contribution in [0.2, 0.25) is 0 Å². The minimum absolute atomic E-state index is 0.0182. The normalized spacial score (nSPS) is 17.3. The van der Waals surface area contributed by atoms with E-state index in [1.54, 1.807) is 7.11 Å². The number of hydrogen-bond donors (Lipinski definition) is 1. The maximum absolute atomic E-state index is 11.9. The lowest BCUT2D eigenvalue weighted by Gasteiger charge is -2.39. The molecule has 1 N–H and O–H groups in total. The molecular weight excluding hydrogens is 282 g/mol. The molecule has 1 amide bonds. The van der Waals surface area contributed by atoms with Crippen molar-refractivity contribution in [2.75, 3.05) is 12.4 Å². The van der Waals surface area contributed by atoms with Gasteiger partial charge in [-0.25, -0.2) is 0 Å². The molecule has 2 rings (SSSR count). The Bertz CT molecular complexity index is 410. The second-order valence-corrected chi connectivity index (χ2v) is 5.39. The van der Waals surface area contributed by atoms with Crippen LogP contribution in [0.15, 0.2) is 28.7 Å². The van der Waals surface area contributed by atoms with E-state index in [4.69, 9.17) is 4.74 Å². The third-order valence-electron chi connectivity index (χ3n) is 3.29. The maximum Gasteiger partial charge on any atom is 0.227 e. The fourth-order valence-electron chi connectivity index (χ4n) is 2.09. The zero-order valence-corrected chi connectivity index (χ0v) is 11.4. The molecule has 0 unspecified atom stereocenters. The van der Waals surface area contributed by atoms with E-state index in [0.717, 1.165) is 29.4 Å². The largest absolute Gasteiger partial charge is 0.378 e. The average molecular weight is 298 g/mol. The Morgan fingerprint density at radius 1 is 1.53 bits per heavy atom. The van der Waals surface area contributed by atoms with Crippen LogP contribution < -0.4 is 5.32 Å². The van der Waals surface area contributed by atoms with Crippen LogP contribution in [0.4, 0.5) is 5.69 Å². The highest BCUT2D eigenvalue weighted by atomic mass is 79.9.